The van der Waals surface area contributed by atoms with Crippen molar-refractivity contribution < 1.29 is 9.53 Å². The van der Waals surface area contributed by atoms with E-state index in [1.165, 1.54) is 39.8 Å². The molecule has 0 bridgehead atoms. The third kappa shape index (κ3) is 6.60. The summed E-state index contributed by atoms with van der Waals surface area (Å²) >= 11 is 1.40. The first-order valence-corrected chi connectivity index (χ1v) is 12.5. The molecule has 0 saturated carbocycles. The van der Waals surface area contributed by atoms with Crippen LogP contribution < -0.4 is 4.72 Å². The summed E-state index contributed by atoms with van der Waals surface area (Å²) in [6, 6.07) is 13.0. The lowest BCUT2D eigenvalue weighted by atomic mass is 9.82. The fourth-order valence-electron chi connectivity index (χ4n) is 4.35. The normalized spacial score (nSPS) is 16.3. The highest BCUT2D eigenvalue weighted by Gasteiger charge is 2.23. The summed E-state index contributed by atoms with van der Waals surface area (Å²) in [6.45, 7) is 11.4. The Labute approximate surface area is 198 Å². The summed E-state index contributed by atoms with van der Waals surface area (Å²) in [4.78, 5) is 16.1. The molecule has 1 amide bonds. The molecular weight excluding hydrogens is 416 g/mol. The molecule has 1 aliphatic rings. The molecular formula is C27H38N2O2S. The Morgan fingerprint density at radius 2 is 1.72 bits per heavy atom. The average molecular weight is 455 g/mol. The van der Waals surface area contributed by atoms with Crippen molar-refractivity contribution in [2.75, 3.05) is 27.3 Å². The Kier molecular flexibility index (Phi) is 8.80. The molecule has 3 rings (SSSR count). The first kappa shape index (κ1) is 24.8. The first-order valence-electron chi connectivity index (χ1n) is 11.7. The van der Waals surface area contributed by atoms with Gasteiger partial charge < -0.3 is 9.64 Å². The number of benzene rings is 2. The van der Waals surface area contributed by atoms with E-state index in [9.17, 15) is 4.79 Å². The molecule has 32 heavy (non-hydrogen) atoms. The molecule has 1 heterocycles. The Morgan fingerprint density at radius 1 is 1.09 bits per heavy atom. The van der Waals surface area contributed by atoms with E-state index in [1.54, 1.807) is 0 Å². The molecule has 1 saturated heterocycles. The second-order valence-corrected chi connectivity index (χ2v) is 10.6. The number of carbonyl (C=O) groups excluding carboxylic acids is 1. The molecule has 0 aromatic heterocycles. The number of rotatable bonds is 9. The van der Waals surface area contributed by atoms with E-state index in [1.807, 2.05) is 0 Å². The van der Waals surface area contributed by atoms with Crippen LogP contribution in [0.5, 0.6) is 0 Å². The molecule has 2 aromatic rings. The number of nitrogens with one attached hydrogen (secondary N) is 1. The highest BCUT2D eigenvalue weighted by molar-refractivity contribution is 7.98. The van der Waals surface area contributed by atoms with Crippen molar-refractivity contribution in [1.29, 1.82) is 0 Å². The van der Waals surface area contributed by atoms with E-state index >= 15 is 0 Å². The Hall–Kier alpha value is -1.82. The van der Waals surface area contributed by atoms with Crippen molar-refractivity contribution in [3.63, 3.8) is 0 Å². The topological polar surface area (TPSA) is 41.6 Å². The van der Waals surface area contributed by atoms with Gasteiger partial charge in [-0.3, -0.25) is 9.52 Å². The fourth-order valence-corrected chi connectivity index (χ4v) is 4.93. The van der Waals surface area contributed by atoms with Crippen LogP contribution in [0.4, 0.5) is 0 Å². The minimum absolute atomic E-state index is 0.0492. The summed E-state index contributed by atoms with van der Waals surface area (Å²) in [5, 5.41) is 0. The molecule has 1 unspecified atom stereocenters. The van der Waals surface area contributed by atoms with Crippen LogP contribution in [-0.2, 0) is 22.5 Å². The monoisotopic (exact) mass is 454 g/mol. The zero-order valence-corrected chi connectivity index (χ0v) is 21.2. The van der Waals surface area contributed by atoms with Crippen LogP contribution in [0.15, 0.2) is 41.3 Å². The van der Waals surface area contributed by atoms with Gasteiger partial charge >= 0.3 is 0 Å². The van der Waals surface area contributed by atoms with Gasteiger partial charge in [-0.25, -0.2) is 0 Å². The Morgan fingerprint density at radius 3 is 2.22 bits per heavy atom. The maximum Gasteiger partial charge on any atom is 0.234 e. The van der Waals surface area contributed by atoms with Gasteiger partial charge in [0.1, 0.15) is 0 Å². The van der Waals surface area contributed by atoms with Crippen LogP contribution in [0.1, 0.15) is 79.7 Å². The quantitative estimate of drug-likeness (QED) is 0.482. The Balaban J connectivity index is 1.74. The van der Waals surface area contributed by atoms with Crippen molar-refractivity contribution >= 4 is 17.9 Å². The standard InChI is InChI=1S/C27H38N2O2S/c1-18(2)24-13-22(21-11-12-31-17-21)14-25(19(3)4)26(24)15-27(30)28-32-23-9-7-20(8-10-23)16-29(5)6/h7-10,13-14,18-19,21H,11-12,15-17H2,1-6H3,(H,28,30). The summed E-state index contributed by atoms with van der Waals surface area (Å²) in [6.07, 6.45) is 1.49. The number of ether oxygens (including phenoxy) is 1. The second kappa shape index (κ2) is 11.4. The highest BCUT2D eigenvalue weighted by atomic mass is 32.2. The lowest BCUT2D eigenvalue weighted by Crippen LogP contribution is -2.21. The van der Waals surface area contributed by atoms with Gasteiger partial charge in [-0.05, 0) is 84.2 Å². The molecule has 1 aliphatic heterocycles. The molecule has 1 fully saturated rings. The summed E-state index contributed by atoms with van der Waals surface area (Å²) in [5.41, 5.74) is 6.42. The molecule has 0 aliphatic carbocycles. The predicted molar refractivity (Wildman–Crippen MR) is 134 cm³/mol. The number of hydrogen-bond donors (Lipinski definition) is 1. The van der Waals surface area contributed by atoms with Gasteiger partial charge in [-0.15, -0.1) is 0 Å². The van der Waals surface area contributed by atoms with Crippen molar-refractivity contribution in [1.82, 2.24) is 9.62 Å². The third-order valence-electron chi connectivity index (χ3n) is 6.03. The molecule has 4 nitrogen and oxygen atoms in total. The van der Waals surface area contributed by atoms with Crippen molar-refractivity contribution in [2.45, 2.75) is 69.7 Å². The predicted octanol–water partition coefficient (Wildman–Crippen LogP) is 5.86. The first-order chi connectivity index (χ1) is 15.2. The van der Waals surface area contributed by atoms with E-state index in [-0.39, 0.29) is 5.91 Å². The number of hydrogen-bond acceptors (Lipinski definition) is 4. The van der Waals surface area contributed by atoms with E-state index < -0.39 is 0 Å². The summed E-state index contributed by atoms with van der Waals surface area (Å²) in [7, 11) is 4.13. The smallest absolute Gasteiger partial charge is 0.234 e. The highest BCUT2D eigenvalue weighted by Crippen LogP contribution is 2.35. The number of carbonyl (C=O) groups is 1. The van der Waals surface area contributed by atoms with Crippen LogP contribution in [0.25, 0.3) is 0 Å². The van der Waals surface area contributed by atoms with Gasteiger partial charge in [0.25, 0.3) is 0 Å². The SMILES string of the molecule is CC(C)c1cc(C2CCOC2)cc(C(C)C)c1CC(=O)NSc1ccc(CN(C)C)cc1. The summed E-state index contributed by atoms with van der Waals surface area (Å²) in [5.74, 6) is 1.26. The molecule has 0 radical (unpaired) electrons. The van der Waals surface area contributed by atoms with Crippen molar-refractivity contribution in [2.24, 2.45) is 0 Å². The van der Waals surface area contributed by atoms with Crippen molar-refractivity contribution in [3.8, 4) is 0 Å². The zero-order valence-electron chi connectivity index (χ0n) is 20.4. The van der Waals surface area contributed by atoms with Gasteiger partial charge in [-0.1, -0.05) is 52.0 Å². The van der Waals surface area contributed by atoms with E-state index in [4.69, 9.17) is 4.74 Å². The minimum atomic E-state index is 0.0492. The number of nitrogens with zero attached hydrogens (tertiary/aromatic N) is 1. The van der Waals surface area contributed by atoms with Crippen LogP contribution in [0, 0.1) is 0 Å². The van der Waals surface area contributed by atoms with Gasteiger partial charge in [-0.2, -0.15) is 0 Å². The molecule has 1 N–H and O–H groups in total. The number of amides is 1. The molecule has 2 aromatic carbocycles. The lowest BCUT2D eigenvalue weighted by Gasteiger charge is -2.23. The Bertz CT molecular complexity index is 871. The maximum atomic E-state index is 12.9. The second-order valence-electron chi connectivity index (χ2n) is 9.73. The van der Waals surface area contributed by atoms with E-state index in [0.29, 0.717) is 24.2 Å². The molecule has 174 valence electrons. The van der Waals surface area contributed by atoms with E-state index in [2.05, 4.69) is 87.8 Å². The zero-order chi connectivity index (χ0) is 23.3. The molecule has 0 spiro atoms. The maximum absolute atomic E-state index is 12.9. The third-order valence-corrected chi connectivity index (χ3v) is 6.87. The van der Waals surface area contributed by atoms with Crippen molar-refractivity contribution in [3.05, 3.63) is 64.2 Å². The van der Waals surface area contributed by atoms with Crippen LogP contribution in [0.3, 0.4) is 0 Å². The summed E-state index contributed by atoms with van der Waals surface area (Å²) < 4.78 is 8.69. The molecule has 5 heteroatoms. The average Bonchev–Trinajstić information content (AvgIpc) is 3.27. The van der Waals surface area contributed by atoms with Gasteiger partial charge in [0, 0.05) is 24.0 Å². The largest absolute Gasteiger partial charge is 0.381 e. The van der Waals surface area contributed by atoms with E-state index in [0.717, 1.165) is 31.1 Å². The lowest BCUT2D eigenvalue weighted by molar-refractivity contribution is -0.118. The van der Waals surface area contributed by atoms with Crippen LogP contribution in [0.2, 0.25) is 0 Å². The van der Waals surface area contributed by atoms with Gasteiger partial charge in [0.2, 0.25) is 5.91 Å². The minimum Gasteiger partial charge on any atom is -0.381 e. The van der Waals surface area contributed by atoms with Gasteiger partial charge in [0.15, 0.2) is 0 Å². The van der Waals surface area contributed by atoms with Gasteiger partial charge in [0.05, 0.1) is 13.0 Å². The molecule has 1 atom stereocenters. The fraction of sp³-hybridized carbons (Fsp3) is 0.519. The van der Waals surface area contributed by atoms with Crippen LogP contribution in [-0.4, -0.2) is 38.1 Å². The van der Waals surface area contributed by atoms with Crippen LogP contribution >= 0.6 is 11.9 Å².